The van der Waals surface area contributed by atoms with Crippen molar-refractivity contribution in [3.8, 4) is 17.4 Å². The van der Waals surface area contributed by atoms with Crippen molar-refractivity contribution in [3.63, 3.8) is 0 Å². The normalized spacial score (nSPS) is 11.3. The average molecular weight is 432 g/mol. The Hall–Kier alpha value is -4.38. The molecule has 0 spiro atoms. The van der Waals surface area contributed by atoms with Gasteiger partial charge < -0.3 is 19.1 Å². The number of hydrogen-bond acceptors (Lipinski definition) is 9. The second-order valence-electron chi connectivity index (χ2n) is 6.81. The molecule has 11 heteroatoms. The van der Waals surface area contributed by atoms with Crippen LogP contribution in [0.15, 0.2) is 53.2 Å². The first kappa shape index (κ1) is 19.6. The van der Waals surface area contributed by atoms with Crippen LogP contribution in [0.1, 0.15) is 21.8 Å². The molecule has 0 atom stereocenters. The van der Waals surface area contributed by atoms with Crippen molar-refractivity contribution >= 4 is 22.4 Å². The molecule has 1 N–H and O–H groups in total. The largest absolute Gasteiger partial charge is 0.478 e. The van der Waals surface area contributed by atoms with E-state index in [1.807, 2.05) is 24.3 Å². The molecule has 0 fully saturated rings. The van der Waals surface area contributed by atoms with E-state index in [2.05, 4.69) is 25.4 Å². The number of nitrogens with zero attached hydrogens (tertiary/aromatic N) is 6. The fourth-order valence-corrected chi connectivity index (χ4v) is 3.33. The first-order valence-electron chi connectivity index (χ1n) is 9.54. The van der Waals surface area contributed by atoms with Gasteiger partial charge in [0.1, 0.15) is 13.2 Å². The molecule has 0 aliphatic rings. The number of hydrogen-bond donors (Lipinski definition) is 1. The summed E-state index contributed by atoms with van der Waals surface area (Å²) < 4.78 is 17.8. The Bertz CT molecular complexity index is 1440. The molecule has 0 radical (unpaired) electrons. The summed E-state index contributed by atoms with van der Waals surface area (Å²) in [5.41, 5.74) is 1.31. The van der Waals surface area contributed by atoms with E-state index in [4.69, 9.17) is 14.0 Å². The Labute approximate surface area is 180 Å². The van der Waals surface area contributed by atoms with Crippen LogP contribution in [0.5, 0.6) is 5.88 Å². The van der Waals surface area contributed by atoms with Crippen LogP contribution in [0, 0.1) is 0 Å². The van der Waals surface area contributed by atoms with Crippen LogP contribution in [-0.4, -0.2) is 48.1 Å². The molecule has 4 aromatic heterocycles. The highest BCUT2D eigenvalue weighted by Crippen LogP contribution is 2.29. The lowest BCUT2D eigenvalue weighted by molar-refractivity contribution is 0.0693. The van der Waals surface area contributed by atoms with Crippen molar-refractivity contribution in [3.05, 3.63) is 65.7 Å². The number of ether oxygens (including phenoxy) is 2. The molecule has 4 heterocycles. The summed E-state index contributed by atoms with van der Waals surface area (Å²) in [6.07, 6.45) is 1.51. The van der Waals surface area contributed by atoms with Crippen molar-refractivity contribution in [2.45, 2.75) is 13.2 Å². The number of aromatic nitrogens is 6. The monoisotopic (exact) mass is 432 g/mol. The number of rotatable bonds is 7. The van der Waals surface area contributed by atoms with Gasteiger partial charge in [0.05, 0.1) is 11.3 Å². The lowest BCUT2D eigenvalue weighted by atomic mass is 10.2. The molecular formula is C21H16N6O5. The third-order valence-corrected chi connectivity index (χ3v) is 4.77. The third-order valence-electron chi connectivity index (χ3n) is 4.77. The van der Waals surface area contributed by atoms with E-state index in [1.165, 1.54) is 16.8 Å². The maximum atomic E-state index is 11.5. The standard InChI is InChI=1S/C21H16N6O5/c1-30-10-12-9-16(26-32-12)19-24-23-18-13-5-2-3-6-14(13)20(25-27(18)19)31-11-17-15(21(28)29)7-4-8-22-17/h2-9H,10-11H2,1H3,(H,28,29). The second-order valence-corrected chi connectivity index (χ2v) is 6.81. The molecule has 0 aliphatic carbocycles. The van der Waals surface area contributed by atoms with Crippen molar-refractivity contribution in [1.82, 2.24) is 30.0 Å². The Morgan fingerprint density at radius 1 is 1.12 bits per heavy atom. The average Bonchev–Trinajstić information content (AvgIpc) is 3.44. The Kier molecular flexibility index (Phi) is 4.92. The maximum Gasteiger partial charge on any atom is 0.337 e. The van der Waals surface area contributed by atoms with Gasteiger partial charge in [-0.05, 0) is 18.2 Å². The smallest absolute Gasteiger partial charge is 0.337 e. The van der Waals surface area contributed by atoms with Crippen LogP contribution in [0.25, 0.3) is 27.9 Å². The quantitative estimate of drug-likeness (QED) is 0.408. The summed E-state index contributed by atoms with van der Waals surface area (Å²) in [6.45, 7) is 0.189. The van der Waals surface area contributed by atoms with Crippen LogP contribution >= 0.6 is 0 Å². The van der Waals surface area contributed by atoms with Crippen LogP contribution in [0.4, 0.5) is 0 Å². The van der Waals surface area contributed by atoms with E-state index in [1.54, 1.807) is 19.2 Å². The molecule has 0 amide bonds. The Morgan fingerprint density at radius 3 is 2.78 bits per heavy atom. The first-order chi connectivity index (χ1) is 15.7. The zero-order chi connectivity index (χ0) is 22.1. The molecule has 0 bridgehead atoms. The minimum absolute atomic E-state index is 0.0659. The van der Waals surface area contributed by atoms with Crippen molar-refractivity contribution in [1.29, 1.82) is 0 Å². The molecule has 1 aromatic carbocycles. The van der Waals surface area contributed by atoms with Crippen molar-refractivity contribution in [2.75, 3.05) is 7.11 Å². The molecule has 5 aromatic rings. The molecular weight excluding hydrogens is 416 g/mol. The number of aromatic carboxylic acids is 1. The molecule has 0 aliphatic heterocycles. The van der Waals surface area contributed by atoms with Gasteiger partial charge in [0, 0.05) is 30.1 Å². The SMILES string of the molecule is COCc1cc(-c2nnc3c4ccccc4c(OCc4ncccc4C(=O)O)nn23)no1. The van der Waals surface area contributed by atoms with Crippen LogP contribution in [0.2, 0.25) is 0 Å². The van der Waals surface area contributed by atoms with Crippen molar-refractivity contribution < 1.29 is 23.9 Å². The number of fused-ring (bicyclic) bond motifs is 3. The summed E-state index contributed by atoms with van der Waals surface area (Å²) in [4.78, 5) is 15.6. The van der Waals surface area contributed by atoms with Crippen LogP contribution in [0.3, 0.4) is 0 Å². The fraction of sp³-hybridized carbons (Fsp3) is 0.143. The van der Waals surface area contributed by atoms with Gasteiger partial charge in [0.15, 0.2) is 17.1 Å². The number of pyridine rings is 1. The predicted octanol–water partition coefficient (Wildman–Crippen LogP) is 2.75. The minimum Gasteiger partial charge on any atom is -0.478 e. The molecule has 160 valence electrons. The summed E-state index contributed by atoms with van der Waals surface area (Å²) in [5, 5.41) is 27.9. The van der Waals surface area contributed by atoms with Gasteiger partial charge in [-0.1, -0.05) is 23.4 Å². The number of benzene rings is 1. The Balaban J connectivity index is 1.59. The van der Waals surface area contributed by atoms with E-state index in [9.17, 15) is 9.90 Å². The van der Waals surface area contributed by atoms with E-state index in [0.29, 0.717) is 28.3 Å². The molecule has 0 unspecified atom stereocenters. The minimum atomic E-state index is -1.08. The summed E-state index contributed by atoms with van der Waals surface area (Å²) in [5.74, 6) is 0.0966. The number of carboxylic acid groups (broad SMARTS) is 1. The van der Waals surface area contributed by atoms with E-state index in [-0.39, 0.29) is 30.4 Å². The maximum absolute atomic E-state index is 11.5. The highest BCUT2D eigenvalue weighted by molar-refractivity contribution is 5.97. The summed E-state index contributed by atoms with van der Waals surface area (Å²) in [6, 6.07) is 12.2. The molecule has 32 heavy (non-hydrogen) atoms. The highest BCUT2D eigenvalue weighted by atomic mass is 16.5. The van der Waals surface area contributed by atoms with Gasteiger partial charge in [0.2, 0.25) is 11.7 Å². The van der Waals surface area contributed by atoms with Gasteiger partial charge in [-0.25, -0.2) is 4.79 Å². The lowest BCUT2D eigenvalue weighted by Gasteiger charge is -2.10. The van der Waals surface area contributed by atoms with E-state index >= 15 is 0 Å². The highest BCUT2D eigenvalue weighted by Gasteiger charge is 2.19. The third kappa shape index (κ3) is 3.40. The zero-order valence-corrected chi connectivity index (χ0v) is 16.8. The van der Waals surface area contributed by atoms with Crippen molar-refractivity contribution in [2.24, 2.45) is 0 Å². The van der Waals surface area contributed by atoms with Gasteiger partial charge >= 0.3 is 5.97 Å². The molecule has 0 saturated carbocycles. The van der Waals surface area contributed by atoms with Crippen LogP contribution in [-0.2, 0) is 18.0 Å². The van der Waals surface area contributed by atoms with Crippen LogP contribution < -0.4 is 4.74 Å². The van der Waals surface area contributed by atoms with E-state index < -0.39 is 5.97 Å². The van der Waals surface area contributed by atoms with Gasteiger partial charge in [-0.15, -0.1) is 15.3 Å². The number of carboxylic acids is 1. The predicted molar refractivity (Wildman–Crippen MR) is 110 cm³/mol. The number of methoxy groups -OCH3 is 1. The molecule has 0 saturated heterocycles. The van der Waals surface area contributed by atoms with Gasteiger partial charge in [-0.2, -0.15) is 4.52 Å². The van der Waals surface area contributed by atoms with Gasteiger partial charge in [0.25, 0.3) is 0 Å². The van der Waals surface area contributed by atoms with E-state index in [0.717, 1.165) is 5.39 Å². The molecule has 5 rings (SSSR count). The molecule has 11 nitrogen and oxygen atoms in total. The second kappa shape index (κ2) is 8.04. The Morgan fingerprint density at radius 2 is 1.97 bits per heavy atom. The van der Waals surface area contributed by atoms with Gasteiger partial charge in [-0.3, -0.25) is 4.98 Å². The fourth-order valence-electron chi connectivity index (χ4n) is 3.33. The first-order valence-corrected chi connectivity index (χ1v) is 9.54. The summed E-state index contributed by atoms with van der Waals surface area (Å²) in [7, 11) is 1.56. The lowest BCUT2D eigenvalue weighted by Crippen LogP contribution is -2.09. The summed E-state index contributed by atoms with van der Waals surface area (Å²) >= 11 is 0. The topological polar surface area (TPSA) is 138 Å². The number of carbonyl (C=O) groups is 1. The zero-order valence-electron chi connectivity index (χ0n) is 16.8.